The van der Waals surface area contributed by atoms with Gasteiger partial charge in [0.1, 0.15) is 10.8 Å². The number of ether oxygens (including phenoxy) is 2. The van der Waals surface area contributed by atoms with E-state index in [9.17, 15) is 14.3 Å². The van der Waals surface area contributed by atoms with E-state index in [1.807, 2.05) is 0 Å². The highest BCUT2D eigenvalue weighted by Gasteiger charge is 2.49. The first-order valence-electron chi connectivity index (χ1n) is 5.58. The molecule has 2 aliphatic rings. The molecule has 0 amide bonds. The molecule has 0 aromatic heterocycles. The molecule has 1 heterocycles. The molecule has 1 aromatic rings. The van der Waals surface area contributed by atoms with E-state index < -0.39 is 17.2 Å². The van der Waals surface area contributed by atoms with Gasteiger partial charge in [0.2, 0.25) is 6.79 Å². The van der Waals surface area contributed by atoms with Crippen LogP contribution in [0.15, 0.2) is 6.07 Å². The van der Waals surface area contributed by atoms with Crippen LogP contribution in [-0.4, -0.2) is 17.9 Å². The second-order valence-corrected chi connectivity index (χ2v) is 4.90. The molecule has 0 unspecified atom stereocenters. The van der Waals surface area contributed by atoms with E-state index in [1.165, 1.54) is 6.07 Å². The molecule has 1 aliphatic carbocycles. The molecular formula is C12H10ClFO4. The molecule has 18 heavy (non-hydrogen) atoms. The monoisotopic (exact) mass is 272 g/mol. The van der Waals surface area contributed by atoms with Crippen molar-refractivity contribution in [1.82, 2.24) is 0 Å². The highest BCUT2D eigenvalue weighted by atomic mass is 35.5. The van der Waals surface area contributed by atoms with Gasteiger partial charge in [0, 0.05) is 5.56 Å². The van der Waals surface area contributed by atoms with Crippen molar-refractivity contribution in [2.24, 2.45) is 0 Å². The maximum absolute atomic E-state index is 14.2. The smallest absolute Gasteiger partial charge is 0.314 e. The molecule has 3 rings (SSSR count). The molecule has 0 saturated heterocycles. The number of hydrogen-bond acceptors (Lipinski definition) is 3. The standard InChI is InChI=1S/C12H10ClFO4/c13-8-9(14)6(4-7-10(8)18-5-17-7)12(11(15)16)2-1-3-12/h4H,1-3,5H2,(H,15,16). The first-order valence-corrected chi connectivity index (χ1v) is 5.95. The zero-order valence-electron chi connectivity index (χ0n) is 9.33. The number of benzene rings is 1. The van der Waals surface area contributed by atoms with E-state index in [4.69, 9.17) is 21.1 Å². The summed E-state index contributed by atoms with van der Waals surface area (Å²) in [6.07, 6.45) is 1.59. The van der Waals surface area contributed by atoms with Crippen LogP contribution in [0.4, 0.5) is 4.39 Å². The fraction of sp³-hybridized carbons (Fsp3) is 0.417. The minimum atomic E-state index is -1.17. The zero-order valence-corrected chi connectivity index (χ0v) is 10.1. The Balaban J connectivity index is 2.19. The van der Waals surface area contributed by atoms with E-state index in [0.29, 0.717) is 18.6 Å². The third kappa shape index (κ3) is 1.34. The summed E-state index contributed by atoms with van der Waals surface area (Å²) in [5.74, 6) is -1.28. The Hall–Kier alpha value is -1.49. The lowest BCUT2D eigenvalue weighted by Crippen LogP contribution is -2.43. The van der Waals surface area contributed by atoms with Crippen molar-refractivity contribution in [2.75, 3.05) is 6.79 Å². The van der Waals surface area contributed by atoms with Gasteiger partial charge < -0.3 is 14.6 Å². The van der Waals surface area contributed by atoms with Crippen LogP contribution in [0.25, 0.3) is 0 Å². The summed E-state index contributed by atoms with van der Waals surface area (Å²) < 4.78 is 24.4. The fourth-order valence-corrected chi connectivity index (χ4v) is 2.71. The number of carboxylic acid groups (broad SMARTS) is 1. The second kappa shape index (κ2) is 3.75. The zero-order chi connectivity index (χ0) is 12.9. The molecule has 1 N–H and O–H groups in total. The maximum atomic E-state index is 14.2. The van der Waals surface area contributed by atoms with Crippen molar-refractivity contribution in [3.05, 3.63) is 22.5 Å². The van der Waals surface area contributed by atoms with Gasteiger partial charge in [-0.1, -0.05) is 18.0 Å². The average Bonchev–Trinajstić information content (AvgIpc) is 2.71. The van der Waals surface area contributed by atoms with Crippen LogP contribution in [0.5, 0.6) is 11.5 Å². The number of carboxylic acids is 1. The quantitative estimate of drug-likeness (QED) is 0.899. The van der Waals surface area contributed by atoms with Crippen LogP contribution in [0.2, 0.25) is 5.02 Å². The van der Waals surface area contributed by atoms with Crippen LogP contribution in [0, 0.1) is 5.82 Å². The maximum Gasteiger partial charge on any atom is 0.314 e. The fourth-order valence-electron chi connectivity index (χ4n) is 2.46. The second-order valence-electron chi connectivity index (χ2n) is 4.53. The first kappa shape index (κ1) is 11.6. The summed E-state index contributed by atoms with van der Waals surface area (Å²) in [4.78, 5) is 11.4. The van der Waals surface area contributed by atoms with Gasteiger partial charge in [-0.3, -0.25) is 4.79 Å². The third-order valence-corrected chi connectivity index (χ3v) is 4.02. The largest absolute Gasteiger partial charge is 0.481 e. The van der Waals surface area contributed by atoms with E-state index in [2.05, 4.69) is 0 Å². The average molecular weight is 273 g/mol. The Morgan fingerprint density at radius 3 is 2.72 bits per heavy atom. The normalized spacial score (nSPS) is 19.4. The first-order chi connectivity index (χ1) is 8.56. The third-order valence-electron chi connectivity index (χ3n) is 3.68. The summed E-state index contributed by atoms with van der Waals surface area (Å²) in [6.45, 7) is -0.0297. The van der Waals surface area contributed by atoms with Crippen molar-refractivity contribution in [1.29, 1.82) is 0 Å². The van der Waals surface area contributed by atoms with Crippen molar-refractivity contribution >= 4 is 17.6 Å². The molecule has 1 aromatic carbocycles. The Bertz CT molecular complexity index is 539. The minimum absolute atomic E-state index is 0.0297. The number of aliphatic carboxylic acids is 1. The van der Waals surface area contributed by atoms with Gasteiger partial charge in [-0.15, -0.1) is 0 Å². The lowest BCUT2D eigenvalue weighted by atomic mass is 9.64. The summed E-state index contributed by atoms with van der Waals surface area (Å²) in [5, 5.41) is 9.12. The number of carbonyl (C=O) groups is 1. The number of hydrogen-bond donors (Lipinski definition) is 1. The van der Waals surface area contributed by atoms with E-state index >= 15 is 0 Å². The Morgan fingerprint density at radius 1 is 1.44 bits per heavy atom. The van der Waals surface area contributed by atoms with E-state index in [1.54, 1.807) is 0 Å². The minimum Gasteiger partial charge on any atom is -0.481 e. The summed E-state index contributed by atoms with van der Waals surface area (Å²) in [5.41, 5.74) is -1.08. The van der Waals surface area contributed by atoms with Crippen LogP contribution >= 0.6 is 11.6 Å². The molecule has 1 aliphatic heterocycles. The highest BCUT2D eigenvalue weighted by Crippen LogP contribution is 2.50. The summed E-state index contributed by atoms with van der Waals surface area (Å²) in [7, 11) is 0. The molecule has 4 nitrogen and oxygen atoms in total. The predicted octanol–water partition coefficient (Wildman–Crippen LogP) is 2.71. The number of rotatable bonds is 2. The Morgan fingerprint density at radius 2 is 2.17 bits per heavy atom. The van der Waals surface area contributed by atoms with Crippen molar-refractivity contribution in [3.63, 3.8) is 0 Å². The highest BCUT2D eigenvalue weighted by molar-refractivity contribution is 6.32. The van der Waals surface area contributed by atoms with Gasteiger partial charge in [-0.25, -0.2) is 4.39 Å². The molecule has 0 radical (unpaired) electrons. The predicted molar refractivity (Wildman–Crippen MR) is 60.7 cm³/mol. The van der Waals surface area contributed by atoms with Crippen molar-refractivity contribution < 1.29 is 23.8 Å². The number of halogens is 2. The topological polar surface area (TPSA) is 55.8 Å². The van der Waals surface area contributed by atoms with Crippen molar-refractivity contribution in [3.8, 4) is 11.5 Å². The molecule has 1 saturated carbocycles. The lowest BCUT2D eigenvalue weighted by Gasteiger charge is -2.38. The number of fused-ring (bicyclic) bond motifs is 1. The SMILES string of the molecule is O=C(O)C1(c2cc3c(c(Cl)c2F)OCO3)CCC1. The molecular weight excluding hydrogens is 263 g/mol. The summed E-state index contributed by atoms with van der Waals surface area (Å²) in [6, 6.07) is 1.40. The van der Waals surface area contributed by atoms with Crippen LogP contribution in [0.1, 0.15) is 24.8 Å². The molecule has 6 heteroatoms. The Kier molecular flexibility index (Phi) is 2.41. The van der Waals surface area contributed by atoms with Gasteiger partial charge in [-0.2, -0.15) is 0 Å². The summed E-state index contributed by atoms with van der Waals surface area (Å²) >= 11 is 5.86. The van der Waals surface area contributed by atoms with Crippen molar-refractivity contribution in [2.45, 2.75) is 24.7 Å². The van der Waals surface area contributed by atoms with Crippen LogP contribution in [-0.2, 0) is 10.2 Å². The molecule has 0 bridgehead atoms. The lowest BCUT2D eigenvalue weighted by molar-refractivity contribution is -0.147. The molecule has 1 fully saturated rings. The van der Waals surface area contributed by atoms with Gasteiger partial charge in [0.15, 0.2) is 11.5 Å². The molecule has 96 valence electrons. The van der Waals surface area contributed by atoms with Gasteiger partial charge in [-0.05, 0) is 18.9 Å². The van der Waals surface area contributed by atoms with E-state index in [0.717, 1.165) is 6.42 Å². The van der Waals surface area contributed by atoms with Gasteiger partial charge in [0.05, 0.1) is 5.41 Å². The van der Waals surface area contributed by atoms with Crippen LogP contribution < -0.4 is 9.47 Å². The van der Waals surface area contributed by atoms with Gasteiger partial charge in [0.25, 0.3) is 0 Å². The Labute approximate surface area is 107 Å². The molecule has 0 atom stereocenters. The van der Waals surface area contributed by atoms with Crippen LogP contribution in [0.3, 0.4) is 0 Å². The molecule has 0 spiro atoms. The van der Waals surface area contributed by atoms with Gasteiger partial charge >= 0.3 is 5.97 Å². The van der Waals surface area contributed by atoms with E-state index in [-0.39, 0.29) is 23.1 Å².